The molecular weight excluding hydrogens is 340 g/mol. The quantitative estimate of drug-likeness (QED) is 0.720. The first-order valence-electron chi connectivity index (χ1n) is 7.98. The van der Waals surface area contributed by atoms with Gasteiger partial charge < -0.3 is 9.47 Å². The molecule has 0 unspecified atom stereocenters. The number of nitrogens with zero attached hydrogens (tertiary/aromatic N) is 3. The van der Waals surface area contributed by atoms with Crippen molar-refractivity contribution in [2.75, 3.05) is 7.11 Å². The molecule has 0 bridgehead atoms. The lowest BCUT2D eigenvalue weighted by Gasteiger charge is -2.25. The van der Waals surface area contributed by atoms with E-state index < -0.39 is 0 Å². The van der Waals surface area contributed by atoms with Crippen molar-refractivity contribution in [1.82, 2.24) is 15.2 Å². The zero-order valence-electron chi connectivity index (χ0n) is 13.5. The van der Waals surface area contributed by atoms with Gasteiger partial charge in [0.2, 0.25) is 5.88 Å². The molecule has 1 aliphatic carbocycles. The van der Waals surface area contributed by atoms with Gasteiger partial charge in [-0.05, 0) is 49.1 Å². The lowest BCUT2D eigenvalue weighted by Crippen LogP contribution is -2.17. The average molecular weight is 355 g/mol. The number of benzene rings is 1. The molecule has 2 heterocycles. The lowest BCUT2D eigenvalue weighted by atomic mass is 9.92. The summed E-state index contributed by atoms with van der Waals surface area (Å²) in [5.41, 5.74) is 3.13. The first-order valence-corrected chi connectivity index (χ1v) is 8.35. The SMILES string of the molecule is COc1n[nH]c2ccc(O[C@H]3CCCc4cc(C#N)c(Cl)nc43)cc12. The van der Waals surface area contributed by atoms with Crippen molar-refractivity contribution in [3.05, 3.63) is 46.2 Å². The molecular formula is C18H15ClN4O2. The molecule has 6 nitrogen and oxygen atoms in total. The molecule has 0 spiro atoms. The molecule has 2 aromatic heterocycles. The van der Waals surface area contributed by atoms with Gasteiger partial charge in [-0.15, -0.1) is 5.10 Å². The van der Waals surface area contributed by atoms with Crippen LogP contribution in [0.25, 0.3) is 10.9 Å². The minimum absolute atomic E-state index is 0.190. The predicted octanol–water partition coefficient (Wildman–Crippen LogP) is 3.95. The number of nitrogens with one attached hydrogen (secondary N) is 1. The summed E-state index contributed by atoms with van der Waals surface area (Å²) in [5.74, 6) is 1.25. The monoisotopic (exact) mass is 354 g/mol. The third-order valence-electron chi connectivity index (χ3n) is 4.40. The van der Waals surface area contributed by atoms with Gasteiger partial charge in [0.15, 0.2) is 0 Å². The van der Waals surface area contributed by atoms with E-state index in [4.69, 9.17) is 26.3 Å². The number of pyridine rings is 1. The van der Waals surface area contributed by atoms with Gasteiger partial charge in [0.05, 0.1) is 29.3 Å². The van der Waals surface area contributed by atoms with Gasteiger partial charge in [0, 0.05) is 0 Å². The number of aromatic amines is 1. The van der Waals surface area contributed by atoms with Gasteiger partial charge in [-0.2, -0.15) is 5.26 Å². The fourth-order valence-electron chi connectivity index (χ4n) is 3.19. The van der Waals surface area contributed by atoms with Gasteiger partial charge in [-0.1, -0.05) is 11.6 Å². The molecule has 7 heteroatoms. The molecule has 0 fully saturated rings. The molecule has 0 radical (unpaired) electrons. The summed E-state index contributed by atoms with van der Waals surface area (Å²) in [4.78, 5) is 4.42. The van der Waals surface area contributed by atoms with Crippen LogP contribution in [0.3, 0.4) is 0 Å². The molecule has 0 amide bonds. The number of fused-ring (bicyclic) bond motifs is 2. The van der Waals surface area contributed by atoms with Gasteiger partial charge in [-0.3, -0.25) is 5.10 Å². The first kappa shape index (κ1) is 15.7. The minimum Gasteiger partial charge on any atom is -0.484 e. The number of ether oxygens (including phenoxy) is 2. The Morgan fingerprint density at radius 2 is 2.24 bits per heavy atom. The minimum atomic E-state index is -0.190. The third kappa shape index (κ3) is 2.77. The summed E-state index contributed by atoms with van der Waals surface area (Å²) >= 11 is 6.11. The molecule has 1 atom stereocenters. The number of halogens is 1. The van der Waals surface area contributed by atoms with Crippen LogP contribution in [-0.2, 0) is 6.42 Å². The van der Waals surface area contributed by atoms with Crippen molar-refractivity contribution >= 4 is 22.5 Å². The van der Waals surface area contributed by atoms with Gasteiger partial charge in [0.25, 0.3) is 0 Å². The summed E-state index contributed by atoms with van der Waals surface area (Å²) in [6.07, 6.45) is 2.51. The second-order valence-corrected chi connectivity index (χ2v) is 6.28. The molecule has 1 aromatic carbocycles. The fraction of sp³-hybridized carbons (Fsp3) is 0.278. The highest BCUT2D eigenvalue weighted by atomic mass is 35.5. The Morgan fingerprint density at radius 1 is 1.36 bits per heavy atom. The second kappa shape index (κ2) is 6.26. The normalized spacial score (nSPS) is 16.3. The highest BCUT2D eigenvalue weighted by Crippen LogP contribution is 2.35. The van der Waals surface area contributed by atoms with E-state index in [9.17, 15) is 0 Å². The van der Waals surface area contributed by atoms with E-state index in [-0.39, 0.29) is 11.3 Å². The standard InChI is InChI=1S/C18H15ClN4O2/c1-24-18-13-8-12(5-6-14(13)22-23-18)25-15-4-2-3-10-7-11(9-20)17(19)21-16(10)15/h5-8,15H,2-4H2,1H3,(H,22,23)/t15-/m0/s1. The maximum atomic E-state index is 9.12. The summed E-state index contributed by atoms with van der Waals surface area (Å²) in [5, 5.41) is 17.2. The number of rotatable bonds is 3. The number of aryl methyl sites for hydroxylation is 1. The van der Waals surface area contributed by atoms with Crippen LogP contribution in [0, 0.1) is 11.3 Å². The van der Waals surface area contributed by atoms with Crippen LogP contribution in [-0.4, -0.2) is 22.3 Å². The predicted molar refractivity (Wildman–Crippen MR) is 92.9 cm³/mol. The highest BCUT2D eigenvalue weighted by Gasteiger charge is 2.25. The molecule has 4 rings (SSSR count). The first-order chi connectivity index (χ1) is 12.2. The molecule has 0 aliphatic heterocycles. The number of H-pyrrole nitrogens is 1. The number of aromatic nitrogens is 3. The Hall–Kier alpha value is -2.78. The Bertz CT molecular complexity index is 993. The van der Waals surface area contributed by atoms with Crippen molar-refractivity contribution in [2.24, 2.45) is 0 Å². The van der Waals surface area contributed by atoms with Gasteiger partial charge in [0.1, 0.15) is 23.1 Å². The van der Waals surface area contributed by atoms with Crippen molar-refractivity contribution in [3.8, 4) is 17.7 Å². The van der Waals surface area contributed by atoms with E-state index in [0.29, 0.717) is 17.2 Å². The molecule has 1 aliphatic rings. The Kier molecular flexibility index (Phi) is 3.94. The fourth-order valence-corrected chi connectivity index (χ4v) is 3.38. The summed E-state index contributed by atoms with van der Waals surface area (Å²) in [6.45, 7) is 0. The average Bonchev–Trinajstić information content (AvgIpc) is 3.04. The van der Waals surface area contributed by atoms with E-state index >= 15 is 0 Å². The largest absolute Gasteiger partial charge is 0.484 e. The van der Waals surface area contributed by atoms with Crippen molar-refractivity contribution in [3.63, 3.8) is 0 Å². The van der Waals surface area contributed by atoms with Crippen LogP contribution >= 0.6 is 11.6 Å². The van der Waals surface area contributed by atoms with Crippen LogP contribution < -0.4 is 9.47 Å². The summed E-state index contributed by atoms with van der Waals surface area (Å²) < 4.78 is 11.4. The number of hydrogen-bond acceptors (Lipinski definition) is 5. The Balaban J connectivity index is 1.68. The topological polar surface area (TPSA) is 83.8 Å². The summed E-state index contributed by atoms with van der Waals surface area (Å²) in [7, 11) is 1.58. The van der Waals surface area contributed by atoms with Gasteiger partial charge >= 0.3 is 0 Å². The molecule has 0 saturated carbocycles. The maximum absolute atomic E-state index is 9.12. The molecule has 1 N–H and O–H groups in total. The van der Waals surface area contributed by atoms with Crippen molar-refractivity contribution in [2.45, 2.75) is 25.4 Å². The second-order valence-electron chi connectivity index (χ2n) is 5.92. The zero-order chi connectivity index (χ0) is 17.4. The smallest absolute Gasteiger partial charge is 0.240 e. The zero-order valence-corrected chi connectivity index (χ0v) is 14.3. The van der Waals surface area contributed by atoms with Gasteiger partial charge in [-0.25, -0.2) is 4.98 Å². The van der Waals surface area contributed by atoms with Crippen molar-refractivity contribution < 1.29 is 9.47 Å². The van der Waals surface area contributed by atoms with Crippen LogP contribution in [0.2, 0.25) is 5.15 Å². The third-order valence-corrected chi connectivity index (χ3v) is 4.69. The van der Waals surface area contributed by atoms with Crippen LogP contribution in [0.4, 0.5) is 0 Å². The van der Waals surface area contributed by atoms with E-state index in [1.807, 2.05) is 24.3 Å². The Labute approximate surface area is 149 Å². The molecule has 0 saturated heterocycles. The maximum Gasteiger partial charge on any atom is 0.240 e. The molecule has 3 aromatic rings. The van der Waals surface area contributed by atoms with Crippen LogP contribution in [0.5, 0.6) is 11.6 Å². The Morgan fingerprint density at radius 3 is 3.04 bits per heavy atom. The van der Waals surface area contributed by atoms with E-state index in [0.717, 1.165) is 41.4 Å². The summed E-state index contributed by atoms with van der Waals surface area (Å²) in [6, 6.07) is 9.60. The lowest BCUT2D eigenvalue weighted by molar-refractivity contribution is 0.178. The number of hydrogen-bond donors (Lipinski definition) is 1. The molecule has 25 heavy (non-hydrogen) atoms. The van der Waals surface area contributed by atoms with Crippen LogP contribution in [0.1, 0.15) is 35.8 Å². The van der Waals surface area contributed by atoms with Crippen LogP contribution in [0.15, 0.2) is 24.3 Å². The molecule has 126 valence electrons. The number of nitriles is 1. The highest BCUT2D eigenvalue weighted by molar-refractivity contribution is 6.30. The van der Waals surface area contributed by atoms with E-state index in [2.05, 4.69) is 21.3 Å². The number of methoxy groups -OCH3 is 1. The van der Waals surface area contributed by atoms with Crippen molar-refractivity contribution in [1.29, 1.82) is 5.26 Å². The van der Waals surface area contributed by atoms with E-state index in [1.165, 1.54) is 0 Å². The van der Waals surface area contributed by atoms with E-state index in [1.54, 1.807) is 7.11 Å².